The Kier molecular flexibility index (Phi) is 5.20. The van der Waals surface area contributed by atoms with Crippen molar-refractivity contribution in [2.24, 2.45) is 0 Å². The van der Waals surface area contributed by atoms with E-state index in [0.29, 0.717) is 16.9 Å². The van der Waals surface area contributed by atoms with E-state index in [4.69, 9.17) is 4.74 Å². The van der Waals surface area contributed by atoms with Crippen LogP contribution >= 0.6 is 31.9 Å². The van der Waals surface area contributed by atoms with Crippen LogP contribution < -0.4 is 4.74 Å². The van der Waals surface area contributed by atoms with E-state index in [1.807, 2.05) is 18.2 Å². The lowest BCUT2D eigenvalue weighted by atomic mass is 10.0. The number of carbonyl (C=O) groups is 1. The number of methoxy groups -OCH3 is 1. The van der Waals surface area contributed by atoms with Crippen LogP contribution in [-0.4, -0.2) is 18.2 Å². The largest absolute Gasteiger partial charge is 0.495 e. The van der Waals surface area contributed by atoms with Crippen molar-refractivity contribution in [3.63, 3.8) is 0 Å². The third-order valence-electron chi connectivity index (χ3n) is 2.86. The van der Waals surface area contributed by atoms with E-state index in [-0.39, 0.29) is 5.57 Å². The average molecular weight is 412 g/mol. The van der Waals surface area contributed by atoms with Gasteiger partial charge in [-0.05, 0) is 39.7 Å². The maximum Gasteiger partial charge on any atom is 0.336 e. The quantitative estimate of drug-likeness (QED) is 0.578. The minimum atomic E-state index is -0.987. The first-order valence-electron chi connectivity index (χ1n) is 6.06. The zero-order valence-corrected chi connectivity index (χ0v) is 14.3. The van der Waals surface area contributed by atoms with Crippen LogP contribution in [0.1, 0.15) is 11.1 Å². The second kappa shape index (κ2) is 6.91. The van der Waals surface area contributed by atoms with Gasteiger partial charge in [0.2, 0.25) is 0 Å². The summed E-state index contributed by atoms with van der Waals surface area (Å²) >= 11 is 6.81. The molecule has 2 rings (SSSR count). The fourth-order valence-electron chi connectivity index (χ4n) is 1.94. The van der Waals surface area contributed by atoms with Crippen LogP contribution in [0, 0.1) is 0 Å². The fraction of sp³-hybridized carbons (Fsp3) is 0.0625. The number of aliphatic carboxylic acids is 1. The molecule has 21 heavy (non-hydrogen) atoms. The summed E-state index contributed by atoms with van der Waals surface area (Å²) in [7, 11) is 1.55. The molecular weight excluding hydrogens is 400 g/mol. The van der Waals surface area contributed by atoms with Gasteiger partial charge in [-0.25, -0.2) is 4.79 Å². The Bertz CT molecular complexity index is 694. The molecule has 0 atom stereocenters. The van der Waals surface area contributed by atoms with Crippen LogP contribution in [0.25, 0.3) is 11.6 Å². The van der Waals surface area contributed by atoms with Crippen LogP contribution in [-0.2, 0) is 4.79 Å². The van der Waals surface area contributed by atoms with Gasteiger partial charge in [-0.2, -0.15) is 0 Å². The molecule has 0 aromatic heterocycles. The zero-order valence-electron chi connectivity index (χ0n) is 11.1. The monoisotopic (exact) mass is 410 g/mol. The minimum Gasteiger partial charge on any atom is -0.495 e. The molecule has 0 aliphatic rings. The predicted molar refractivity (Wildman–Crippen MR) is 90.3 cm³/mol. The van der Waals surface area contributed by atoms with Crippen molar-refractivity contribution in [1.29, 1.82) is 0 Å². The maximum atomic E-state index is 11.5. The lowest BCUT2D eigenvalue weighted by Gasteiger charge is -2.10. The van der Waals surface area contributed by atoms with Crippen molar-refractivity contribution in [1.82, 2.24) is 0 Å². The third kappa shape index (κ3) is 3.74. The van der Waals surface area contributed by atoms with Crippen molar-refractivity contribution >= 4 is 49.5 Å². The summed E-state index contributed by atoms with van der Waals surface area (Å²) in [5, 5.41) is 9.46. The highest BCUT2D eigenvalue weighted by Crippen LogP contribution is 2.35. The van der Waals surface area contributed by atoms with Gasteiger partial charge in [-0.1, -0.05) is 46.3 Å². The van der Waals surface area contributed by atoms with Gasteiger partial charge < -0.3 is 9.84 Å². The fourth-order valence-corrected chi connectivity index (χ4v) is 3.36. The first-order chi connectivity index (χ1) is 10.0. The van der Waals surface area contributed by atoms with Crippen molar-refractivity contribution in [3.05, 3.63) is 62.5 Å². The Morgan fingerprint density at radius 3 is 2.43 bits per heavy atom. The molecule has 1 N–H and O–H groups in total. The molecule has 5 heteroatoms. The Labute approximate surface area is 139 Å². The molecule has 0 radical (unpaired) electrons. The van der Waals surface area contributed by atoms with Crippen molar-refractivity contribution in [2.45, 2.75) is 0 Å². The number of carboxylic acids is 1. The lowest BCUT2D eigenvalue weighted by Crippen LogP contribution is -2.00. The molecular formula is C16H12Br2O3. The molecule has 3 nitrogen and oxygen atoms in total. The van der Waals surface area contributed by atoms with Gasteiger partial charge in [0.25, 0.3) is 0 Å². The van der Waals surface area contributed by atoms with Gasteiger partial charge in [0, 0.05) is 10.0 Å². The standard InChI is InChI=1S/C16H12Br2O3/c1-21-15-11(7-12(17)9-14(15)18)8-13(16(19)20)10-5-3-2-4-6-10/h2-9H,1H3,(H,19,20)/b13-8-. The molecule has 0 aliphatic heterocycles. The number of benzene rings is 2. The van der Waals surface area contributed by atoms with Crippen LogP contribution in [0.4, 0.5) is 0 Å². The maximum absolute atomic E-state index is 11.5. The summed E-state index contributed by atoms with van der Waals surface area (Å²) in [6.45, 7) is 0. The first-order valence-corrected chi connectivity index (χ1v) is 7.65. The molecule has 0 fully saturated rings. The van der Waals surface area contributed by atoms with E-state index < -0.39 is 5.97 Å². The zero-order chi connectivity index (χ0) is 15.4. The van der Waals surface area contributed by atoms with Crippen LogP contribution in [0.2, 0.25) is 0 Å². The summed E-state index contributed by atoms with van der Waals surface area (Å²) < 4.78 is 6.93. The van der Waals surface area contributed by atoms with Crippen LogP contribution in [0.15, 0.2) is 51.4 Å². The Morgan fingerprint density at radius 2 is 1.86 bits per heavy atom. The summed E-state index contributed by atoms with van der Waals surface area (Å²) in [6.07, 6.45) is 1.60. The van der Waals surface area contributed by atoms with Gasteiger partial charge in [-0.15, -0.1) is 0 Å². The Morgan fingerprint density at radius 1 is 1.19 bits per heavy atom. The van der Waals surface area contributed by atoms with E-state index >= 15 is 0 Å². The molecule has 0 spiro atoms. The molecule has 2 aromatic rings. The van der Waals surface area contributed by atoms with E-state index in [2.05, 4.69) is 31.9 Å². The third-order valence-corrected chi connectivity index (χ3v) is 3.90. The average Bonchev–Trinajstić information content (AvgIpc) is 2.45. The van der Waals surface area contributed by atoms with Crippen molar-refractivity contribution in [3.8, 4) is 5.75 Å². The summed E-state index contributed by atoms with van der Waals surface area (Å²) in [5.41, 5.74) is 1.53. The minimum absolute atomic E-state index is 0.207. The predicted octanol–water partition coefficient (Wildman–Crippen LogP) is 4.85. The van der Waals surface area contributed by atoms with Gasteiger partial charge >= 0.3 is 5.97 Å². The highest BCUT2D eigenvalue weighted by atomic mass is 79.9. The normalized spacial score (nSPS) is 11.3. The molecule has 0 aliphatic carbocycles. The smallest absolute Gasteiger partial charge is 0.336 e. The Hall–Kier alpha value is -1.59. The highest BCUT2D eigenvalue weighted by molar-refractivity contribution is 9.11. The van der Waals surface area contributed by atoms with Gasteiger partial charge in [0.1, 0.15) is 5.75 Å². The number of carboxylic acid groups (broad SMARTS) is 1. The van der Waals surface area contributed by atoms with E-state index in [9.17, 15) is 9.90 Å². The van der Waals surface area contributed by atoms with Crippen LogP contribution in [0.5, 0.6) is 5.75 Å². The second-order valence-electron chi connectivity index (χ2n) is 4.24. The van der Waals surface area contributed by atoms with Crippen LogP contribution in [0.3, 0.4) is 0 Å². The summed E-state index contributed by atoms with van der Waals surface area (Å²) in [4.78, 5) is 11.5. The molecule has 2 aromatic carbocycles. The van der Waals surface area contributed by atoms with E-state index in [1.54, 1.807) is 37.5 Å². The van der Waals surface area contributed by atoms with Crippen molar-refractivity contribution < 1.29 is 14.6 Å². The summed E-state index contributed by atoms with van der Waals surface area (Å²) in [5.74, 6) is -0.396. The molecule has 0 bridgehead atoms. The molecule has 0 unspecified atom stereocenters. The summed E-state index contributed by atoms with van der Waals surface area (Å²) in [6, 6.07) is 12.6. The topological polar surface area (TPSA) is 46.5 Å². The lowest BCUT2D eigenvalue weighted by molar-refractivity contribution is -0.130. The molecule has 108 valence electrons. The number of hydrogen-bond donors (Lipinski definition) is 1. The van der Waals surface area contributed by atoms with E-state index in [1.165, 1.54) is 0 Å². The molecule has 0 amide bonds. The number of ether oxygens (including phenoxy) is 1. The number of rotatable bonds is 4. The Balaban J connectivity index is 2.62. The number of hydrogen-bond acceptors (Lipinski definition) is 2. The first kappa shape index (κ1) is 15.8. The number of halogens is 2. The molecule has 0 heterocycles. The van der Waals surface area contributed by atoms with Gasteiger partial charge in [0.15, 0.2) is 0 Å². The highest BCUT2D eigenvalue weighted by Gasteiger charge is 2.14. The van der Waals surface area contributed by atoms with E-state index in [0.717, 1.165) is 8.95 Å². The van der Waals surface area contributed by atoms with Gasteiger partial charge in [-0.3, -0.25) is 0 Å². The van der Waals surface area contributed by atoms with Crippen molar-refractivity contribution in [2.75, 3.05) is 7.11 Å². The SMILES string of the molecule is COc1c(Br)cc(Br)cc1/C=C(\C(=O)O)c1ccccc1. The second-order valence-corrected chi connectivity index (χ2v) is 6.01. The van der Waals surface area contributed by atoms with Gasteiger partial charge in [0.05, 0.1) is 17.2 Å². The molecule has 0 saturated carbocycles. The molecule has 0 saturated heterocycles.